The van der Waals surface area contributed by atoms with Gasteiger partial charge in [0.1, 0.15) is 0 Å². The molecular weight excluding hydrogens is 100 g/mol. The molecule has 0 fully saturated rings. The second kappa shape index (κ2) is 2.62. The zero-order valence-corrected chi connectivity index (χ0v) is 4.80. The van der Waals surface area contributed by atoms with Gasteiger partial charge in [-0.1, -0.05) is 6.08 Å². The van der Waals surface area contributed by atoms with Crippen LogP contribution in [0.1, 0.15) is 12.8 Å². The Bertz CT molecular complexity index is 124. The number of rotatable bonds is 1. The molecule has 0 radical (unpaired) electrons. The molecule has 1 heterocycles. The van der Waals surface area contributed by atoms with E-state index in [2.05, 4.69) is 11.1 Å². The van der Waals surface area contributed by atoms with Gasteiger partial charge in [-0.25, -0.2) is 0 Å². The van der Waals surface area contributed by atoms with Gasteiger partial charge in [-0.2, -0.15) is 0 Å². The molecule has 2 heteroatoms. The Morgan fingerprint density at radius 3 is 3.00 bits per heavy atom. The van der Waals surface area contributed by atoms with E-state index >= 15 is 0 Å². The van der Waals surface area contributed by atoms with E-state index in [0.717, 1.165) is 18.6 Å². The van der Waals surface area contributed by atoms with Gasteiger partial charge in [-0.05, 0) is 12.8 Å². The molecule has 44 valence electrons. The van der Waals surface area contributed by atoms with Gasteiger partial charge in [-0.3, -0.25) is 4.99 Å². The summed E-state index contributed by atoms with van der Waals surface area (Å²) in [6.45, 7) is 0.615. The smallest absolute Gasteiger partial charge is 0.0317 e. The molecule has 0 aliphatic carbocycles. The van der Waals surface area contributed by atoms with Gasteiger partial charge in [0.2, 0.25) is 0 Å². The first kappa shape index (κ1) is 5.51. The van der Waals surface area contributed by atoms with E-state index in [9.17, 15) is 0 Å². The fourth-order valence-corrected chi connectivity index (χ4v) is 0.702. The summed E-state index contributed by atoms with van der Waals surface area (Å²) in [4.78, 5) is 4.06. The van der Waals surface area contributed by atoms with Gasteiger partial charge in [0.15, 0.2) is 0 Å². The highest BCUT2D eigenvalue weighted by Gasteiger charge is 1.95. The van der Waals surface area contributed by atoms with Crippen LogP contribution in [-0.4, -0.2) is 12.3 Å². The highest BCUT2D eigenvalue weighted by molar-refractivity contribution is 5.87. The van der Waals surface area contributed by atoms with Crippen LogP contribution in [0.5, 0.6) is 0 Å². The summed E-state index contributed by atoms with van der Waals surface area (Å²) in [5.74, 6) is 0. The molecule has 0 amide bonds. The minimum absolute atomic E-state index is 0.615. The number of nitrogens with two attached hydrogens (primary N) is 1. The Morgan fingerprint density at radius 1 is 1.75 bits per heavy atom. The lowest BCUT2D eigenvalue weighted by Crippen LogP contribution is -2.13. The molecule has 2 nitrogen and oxygen atoms in total. The fraction of sp³-hybridized carbons (Fsp3) is 0.500. The minimum Gasteiger partial charge on any atom is -0.325 e. The molecule has 1 rings (SSSR count). The summed E-state index contributed by atoms with van der Waals surface area (Å²) in [5.41, 5.74) is 6.46. The molecule has 0 aromatic carbocycles. The molecule has 0 unspecified atom stereocenters. The van der Waals surface area contributed by atoms with E-state index in [1.165, 1.54) is 0 Å². The monoisotopic (exact) mass is 110 g/mol. The third-order valence-corrected chi connectivity index (χ3v) is 1.20. The van der Waals surface area contributed by atoms with Crippen molar-refractivity contribution in [2.24, 2.45) is 10.7 Å². The summed E-state index contributed by atoms with van der Waals surface area (Å²) in [7, 11) is 0. The first-order chi connectivity index (χ1) is 3.93. The topological polar surface area (TPSA) is 38.4 Å². The number of nitrogens with zero attached hydrogens (tertiary/aromatic N) is 1. The maximum absolute atomic E-state index is 5.34. The van der Waals surface area contributed by atoms with Crippen LogP contribution in [-0.2, 0) is 0 Å². The van der Waals surface area contributed by atoms with Crippen molar-refractivity contribution in [1.82, 2.24) is 0 Å². The van der Waals surface area contributed by atoms with Gasteiger partial charge in [0.05, 0.1) is 0 Å². The third-order valence-electron chi connectivity index (χ3n) is 1.20. The van der Waals surface area contributed by atoms with Crippen LogP contribution >= 0.6 is 0 Å². The second-order valence-electron chi connectivity index (χ2n) is 1.82. The number of hydrogen-bond acceptors (Lipinski definition) is 2. The van der Waals surface area contributed by atoms with Crippen LogP contribution in [0.3, 0.4) is 0 Å². The summed E-state index contributed by atoms with van der Waals surface area (Å²) in [6.07, 6.45) is 6.04. The molecule has 0 spiro atoms. The molecule has 8 heavy (non-hydrogen) atoms. The maximum Gasteiger partial charge on any atom is 0.0317 e. The van der Waals surface area contributed by atoms with E-state index in [-0.39, 0.29) is 0 Å². The van der Waals surface area contributed by atoms with Crippen LogP contribution in [0.4, 0.5) is 0 Å². The Kier molecular flexibility index (Phi) is 1.80. The molecule has 2 N–H and O–H groups in total. The first-order valence-corrected chi connectivity index (χ1v) is 2.84. The van der Waals surface area contributed by atoms with Crippen LogP contribution in [0.15, 0.2) is 17.3 Å². The maximum atomic E-state index is 5.34. The molecule has 1 aliphatic heterocycles. The summed E-state index contributed by atoms with van der Waals surface area (Å²) in [6, 6.07) is 0. The molecule has 0 bridgehead atoms. The van der Waals surface area contributed by atoms with E-state index in [1.54, 1.807) is 0 Å². The van der Waals surface area contributed by atoms with Crippen molar-refractivity contribution in [3.63, 3.8) is 0 Å². The number of hydrogen-bond donors (Lipinski definition) is 1. The zero-order chi connectivity index (χ0) is 5.82. The van der Waals surface area contributed by atoms with Gasteiger partial charge in [-0.15, -0.1) is 0 Å². The minimum atomic E-state index is 0.615. The van der Waals surface area contributed by atoms with E-state index in [4.69, 9.17) is 5.73 Å². The third kappa shape index (κ3) is 1.17. The Morgan fingerprint density at radius 2 is 2.62 bits per heavy atom. The van der Waals surface area contributed by atoms with Gasteiger partial charge in [0, 0.05) is 18.5 Å². The molecule has 0 atom stereocenters. The zero-order valence-electron chi connectivity index (χ0n) is 4.80. The molecule has 0 aromatic heterocycles. The van der Waals surface area contributed by atoms with Gasteiger partial charge >= 0.3 is 0 Å². The van der Waals surface area contributed by atoms with Gasteiger partial charge in [0.25, 0.3) is 0 Å². The largest absolute Gasteiger partial charge is 0.325 e. The van der Waals surface area contributed by atoms with Crippen molar-refractivity contribution >= 4 is 5.71 Å². The van der Waals surface area contributed by atoms with Crippen LogP contribution in [0.2, 0.25) is 0 Å². The van der Waals surface area contributed by atoms with Crippen molar-refractivity contribution in [3.8, 4) is 0 Å². The fourth-order valence-electron chi connectivity index (χ4n) is 0.702. The van der Waals surface area contributed by atoms with Gasteiger partial charge < -0.3 is 5.73 Å². The summed E-state index contributed by atoms with van der Waals surface area (Å²) >= 11 is 0. The Labute approximate surface area is 49.1 Å². The van der Waals surface area contributed by atoms with Crippen molar-refractivity contribution < 1.29 is 0 Å². The van der Waals surface area contributed by atoms with Crippen LogP contribution in [0.25, 0.3) is 0 Å². The summed E-state index contributed by atoms with van der Waals surface area (Å²) in [5, 5.41) is 0. The molecule has 0 aromatic rings. The van der Waals surface area contributed by atoms with Crippen molar-refractivity contribution in [1.29, 1.82) is 0 Å². The van der Waals surface area contributed by atoms with Crippen molar-refractivity contribution in [2.75, 3.05) is 6.54 Å². The first-order valence-electron chi connectivity index (χ1n) is 2.84. The highest BCUT2D eigenvalue weighted by Crippen LogP contribution is 2.00. The van der Waals surface area contributed by atoms with Crippen molar-refractivity contribution in [3.05, 3.63) is 12.3 Å². The highest BCUT2D eigenvalue weighted by atomic mass is 14.7. The quantitative estimate of drug-likeness (QED) is 0.530. The average molecular weight is 110 g/mol. The van der Waals surface area contributed by atoms with Crippen molar-refractivity contribution in [2.45, 2.75) is 12.8 Å². The predicted octanol–water partition coefficient (Wildman–Crippen LogP) is 0.694. The Hall–Kier alpha value is -0.630. The van der Waals surface area contributed by atoms with E-state index in [0.29, 0.717) is 6.54 Å². The molecule has 1 aliphatic rings. The molecule has 0 saturated carbocycles. The lowest BCUT2D eigenvalue weighted by atomic mass is 10.2. The Balaban J connectivity index is 2.50. The van der Waals surface area contributed by atoms with Crippen LogP contribution < -0.4 is 5.73 Å². The lowest BCUT2D eigenvalue weighted by molar-refractivity contribution is 1.03. The van der Waals surface area contributed by atoms with Crippen LogP contribution in [0, 0.1) is 0 Å². The number of allylic oxidation sites excluding steroid dienone is 1. The SMILES string of the molecule is NCC1=NC=CCC1. The van der Waals surface area contributed by atoms with E-state index in [1.807, 2.05) is 6.20 Å². The normalized spacial score (nSPS) is 18.4. The molecule has 0 saturated heterocycles. The molecular formula is C6H10N2. The summed E-state index contributed by atoms with van der Waals surface area (Å²) < 4.78 is 0. The standard InChI is InChI=1S/C6H10N2/c7-5-6-3-1-2-4-8-6/h2,4H,1,3,5,7H2. The van der Waals surface area contributed by atoms with E-state index < -0.39 is 0 Å². The number of aliphatic imine (C=N–C) groups is 1. The average Bonchev–Trinajstić information content (AvgIpc) is 1.90. The second-order valence-corrected chi connectivity index (χ2v) is 1.82. The lowest BCUT2D eigenvalue weighted by Gasteiger charge is -2.01. The predicted molar refractivity (Wildman–Crippen MR) is 34.9 cm³/mol.